The van der Waals surface area contributed by atoms with E-state index in [1.54, 1.807) is 22.8 Å². The molecule has 0 saturated carbocycles. The van der Waals surface area contributed by atoms with Crippen LogP contribution in [0, 0.1) is 0 Å². The fourth-order valence-electron chi connectivity index (χ4n) is 2.26. The lowest BCUT2D eigenvalue weighted by Gasteiger charge is -2.25. The second-order valence-corrected chi connectivity index (χ2v) is 5.75. The van der Waals surface area contributed by atoms with E-state index in [0.29, 0.717) is 16.7 Å². The maximum Gasteiger partial charge on any atom is 0.303 e. The van der Waals surface area contributed by atoms with Gasteiger partial charge < -0.3 is 5.11 Å². The third-order valence-electron chi connectivity index (χ3n) is 3.08. The first-order chi connectivity index (χ1) is 9.30. The Labute approximate surface area is 116 Å². The molecule has 0 aliphatic heterocycles. The summed E-state index contributed by atoms with van der Waals surface area (Å²) in [5, 5.41) is 9.39. The van der Waals surface area contributed by atoms with Gasteiger partial charge in [0.15, 0.2) is 0 Å². The minimum atomic E-state index is -0.895. The number of carboxylic acid groups (broad SMARTS) is 1. The zero-order valence-electron chi connectivity index (χ0n) is 11.9. The van der Waals surface area contributed by atoms with Gasteiger partial charge in [0, 0.05) is 12.0 Å². The summed E-state index contributed by atoms with van der Waals surface area (Å²) in [5.74, 6) is -0.378. The molecule has 106 valence electrons. The summed E-state index contributed by atoms with van der Waals surface area (Å²) < 4.78 is 1.60. The summed E-state index contributed by atoms with van der Waals surface area (Å²) in [5.41, 5.74) is 0.0453. The number of hydrogen-bond donors (Lipinski definition) is 1. The number of hydrogen-bond acceptors (Lipinski definition) is 3. The highest BCUT2D eigenvalue weighted by Crippen LogP contribution is 2.17. The highest BCUT2D eigenvalue weighted by Gasteiger charge is 2.21. The van der Waals surface area contributed by atoms with Crippen LogP contribution in [-0.2, 0) is 16.8 Å². The van der Waals surface area contributed by atoms with Crippen molar-refractivity contribution >= 4 is 16.9 Å². The van der Waals surface area contributed by atoms with Crippen LogP contribution >= 0.6 is 0 Å². The first-order valence-corrected chi connectivity index (χ1v) is 6.53. The lowest BCUT2D eigenvalue weighted by molar-refractivity contribution is -0.137. The van der Waals surface area contributed by atoms with Crippen molar-refractivity contribution in [3.63, 3.8) is 0 Å². The second-order valence-electron chi connectivity index (χ2n) is 5.75. The second kappa shape index (κ2) is 5.07. The number of aromatic nitrogens is 2. The van der Waals surface area contributed by atoms with E-state index in [9.17, 15) is 9.59 Å². The van der Waals surface area contributed by atoms with E-state index in [1.165, 1.54) is 0 Å². The predicted octanol–water partition coefficient (Wildman–Crippen LogP) is 2.17. The Hall–Kier alpha value is -2.17. The predicted molar refractivity (Wildman–Crippen MR) is 77.0 cm³/mol. The zero-order valence-corrected chi connectivity index (χ0v) is 11.9. The van der Waals surface area contributed by atoms with Gasteiger partial charge in [-0.05, 0) is 32.9 Å². The molecule has 0 unspecified atom stereocenters. The van der Waals surface area contributed by atoms with Gasteiger partial charge in [-0.2, -0.15) is 0 Å². The van der Waals surface area contributed by atoms with E-state index in [0.717, 1.165) is 0 Å². The van der Waals surface area contributed by atoms with Crippen LogP contribution in [0.25, 0.3) is 10.9 Å². The van der Waals surface area contributed by atoms with Gasteiger partial charge in [-0.1, -0.05) is 12.1 Å². The lowest BCUT2D eigenvalue weighted by atomic mass is 10.1. The van der Waals surface area contributed by atoms with Crippen molar-refractivity contribution < 1.29 is 9.90 Å². The van der Waals surface area contributed by atoms with Gasteiger partial charge in [-0.3, -0.25) is 14.2 Å². The molecular formula is C15H18N2O3. The fourth-order valence-corrected chi connectivity index (χ4v) is 2.26. The van der Waals surface area contributed by atoms with Crippen LogP contribution in [0.1, 0.15) is 33.0 Å². The number of nitrogens with zero attached hydrogens (tertiary/aromatic N) is 2. The number of para-hydroxylation sites is 1. The van der Waals surface area contributed by atoms with Gasteiger partial charge in [0.25, 0.3) is 5.56 Å². The van der Waals surface area contributed by atoms with Gasteiger partial charge in [-0.25, -0.2) is 4.98 Å². The molecule has 0 bridgehead atoms. The minimum absolute atomic E-state index is 0.0408. The third kappa shape index (κ3) is 2.71. The summed E-state index contributed by atoms with van der Waals surface area (Å²) >= 11 is 0. The number of fused-ring (bicyclic) bond motifs is 1. The van der Waals surface area contributed by atoms with Crippen molar-refractivity contribution in [1.82, 2.24) is 9.55 Å². The molecule has 1 aromatic heterocycles. The molecule has 5 heteroatoms. The third-order valence-corrected chi connectivity index (χ3v) is 3.08. The number of aryl methyl sites for hydroxylation is 1. The van der Waals surface area contributed by atoms with E-state index in [1.807, 2.05) is 26.8 Å². The Bertz CT molecular complexity index is 711. The Morgan fingerprint density at radius 2 is 1.95 bits per heavy atom. The molecule has 0 radical (unpaired) electrons. The molecular weight excluding hydrogens is 256 g/mol. The van der Waals surface area contributed by atoms with Crippen molar-refractivity contribution in [3.05, 3.63) is 40.4 Å². The number of carbonyl (C=O) groups is 1. The van der Waals surface area contributed by atoms with Gasteiger partial charge in [-0.15, -0.1) is 0 Å². The molecule has 0 aliphatic carbocycles. The fraction of sp³-hybridized carbons (Fsp3) is 0.400. The first kappa shape index (κ1) is 14.2. The van der Waals surface area contributed by atoms with E-state index in [-0.39, 0.29) is 18.4 Å². The van der Waals surface area contributed by atoms with Crippen LogP contribution in [0.3, 0.4) is 0 Å². The molecule has 1 heterocycles. The van der Waals surface area contributed by atoms with E-state index in [4.69, 9.17) is 5.11 Å². The van der Waals surface area contributed by atoms with Crippen LogP contribution in [0.2, 0.25) is 0 Å². The van der Waals surface area contributed by atoms with Crippen LogP contribution in [0.4, 0.5) is 0 Å². The number of rotatable bonds is 3. The quantitative estimate of drug-likeness (QED) is 0.931. The molecule has 20 heavy (non-hydrogen) atoms. The van der Waals surface area contributed by atoms with Gasteiger partial charge >= 0.3 is 5.97 Å². The highest BCUT2D eigenvalue weighted by atomic mass is 16.4. The van der Waals surface area contributed by atoms with E-state index < -0.39 is 11.5 Å². The average molecular weight is 274 g/mol. The summed E-state index contributed by atoms with van der Waals surface area (Å²) in [6.07, 6.45) is 0.202. The molecule has 0 saturated heterocycles. The Balaban J connectivity index is 2.70. The summed E-state index contributed by atoms with van der Waals surface area (Å²) in [6, 6.07) is 7.13. The molecule has 0 fully saturated rings. The smallest absolute Gasteiger partial charge is 0.303 e. The first-order valence-electron chi connectivity index (χ1n) is 6.53. The Morgan fingerprint density at radius 1 is 1.30 bits per heavy atom. The van der Waals surface area contributed by atoms with Crippen molar-refractivity contribution in [2.75, 3.05) is 0 Å². The van der Waals surface area contributed by atoms with E-state index in [2.05, 4.69) is 4.98 Å². The largest absolute Gasteiger partial charge is 0.481 e. The monoisotopic (exact) mass is 274 g/mol. The number of carboxylic acids is 1. The summed E-state index contributed by atoms with van der Waals surface area (Å²) in [6.45, 7) is 5.74. The maximum absolute atomic E-state index is 12.6. The summed E-state index contributed by atoms with van der Waals surface area (Å²) in [7, 11) is 0. The zero-order chi connectivity index (χ0) is 14.9. The number of aliphatic carboxylic acids is 1. The molecule has 2 aromatic rings. The molecule has 1 aromatic carbocycles. The van der Waals surface area contributed by atoms with Crippen molar-refractivity contribution in [2.45, 2.75) is 39.2 Å². The molecule has 0 aliphatic rings. The summed E-state index contributed by atoms with van der Waals surface area (Å²) in [4.78, 5) is 27.9. The molecule has 0 atom stereocenters. The van der Waals surface area contributed by atoms with E-state index >= 15 is 0 Å². The topological polar surface area (TPSA) is 72.2 Å². The maximum atomic E-state index is 12.6. The standard InChI is InChI=1S/C15H18N2O3/c1-15(2,3)17-12(8-9-13(18)19)16-11-7-5-4-6-10(11)14(17)20/h4-7H,8-9H2,1-3H3,(H,18,19). The Kier molecular flexibility index (Phi) is 3.61. The molecule has 1 N–H and O–H groups in total. The minimum Gasteiger partial charge on any atom is -0.481 e. The molecule has 2 rings (SSSR count). The van der Waals surface area contributed by atoms with Crippen LogP contribution in [-0.4, -0.2) is 20.6 Å². The SMILES string of the molecule is CC(C)(C)n1c(CCC(=O)O)nc2ccccc2c1=O. The Morgan fingerprint density at radius 3 is 2.55 bits per heavy atom. The van der Waals surface area contributed by atoms with Crippen molar-refractivity contribution in [2.24, 2.45) is 0 Å². The van der Waals surface area contributed by atoms with Gasteiger partial charge in [0.1, 0.15) is 5.82 Å². The highest BCUT2D eigenvalue weighted by molar-refractivity contribution is 5.77. The van der Waals surface area contributed by atoms with Crippen LogP contribution in [0.5, 0.6) is 0 Å². The normalized spacial score (nSPS) is 11.8. The molecule has 0 amide bonds. The van der Waals surface area contributed by atoms with Gasteiger partial charge in [0.2, 0.25) is 0 Å². The van der Waals surface area contributed by atoms with Crippen LogP contribution < -0.4 is 5.56 Å². The van der Waals surface area contributed by atoms with Crippen molar-refractivity contribution in [3.8, 4) is 0 Å². The lowest BCUT2D eigenvalue weighted by Crippen LogP contribution is -2.37. The molecule has 0 spiro atoms. The number of benzene rings is 1. The molecule has 5 nitrogen and oxygen atoms in total. The van der Waals surface area contributed by atoms with Crippen molar-refractivity contribution in [1.29, 1.82) is 0 Å². The van der Waals surface area contributed by atoms with Crippen LogP contribution in [0.15, 0.2) is 29.1 Å². The average Bonchev–Trinajstić information content (AvgIpc) is 2.34. The van der Waals surface area contributed by atoms with Gasteiger partial charge in [0.05, 0.1) is 17.3 Å².